The van der Waals surface area contributed by atoms with E-state index < -0.39 is 6.10 Å². The first-order valence-electron chi connectivity index (χ1n) is 7.28. The maximum absolute atomic E-state index is 9.36. The molecule has 1 aromatic rings. The second-order valence-corrected chi connectivity index (χ2v) is 5.32. The van der Waals surface area contributed by atoms with Gasteiger partial charge in [-0.15, -0.1) is 0 Å². The molecule has 2 aliphatic rings. The van der Waals surface area contributed by atoms with Gasteiger partial charge in [-0.1, -0.05) is 0 Å². The normalized spacial score (nSPS) is 23.7. The molecule has 0 aliphatic carbocycles. The third-order valence-electron chi connectivity index (χ3n) is 3.18. The van der Waals surface area contributed by atoms with Crippen LogP contribution in [-0.4, -0.2) is 68.2 Å². The van der Waals surface area contributed by atoms with Crippen LogP contribution in [0.4, 0.5) is 0 Å². The fourth-order valence-electron chi connectivity index (χ4n) is 1.75. The fraction of sp³-hybridized carbons (Fsp3) is 0.600. The van der Waals surface area contributed by atoms with Gasteiger partial charge in [-0.05, 0) is 0 Å². The number of rotatable bonds is 10. The van der Waals surface area contributed by atoms with E-state index in [-0.39, 0.29) is 25.4 Å². The number of benzene rings is 1. The molecule has 2 fully saturated rings. The van der Waals surface area contributed by atoms with Crippen molar-refractivity contribution in [2.24, 2.45) is 0 Å². The molecule has 0 amide bonds. The van der Waals surface area contributed by atoms with Crippen molar-refractivity contribution in [2.45, 2.75) is 18.3 Å². The Bertz CT molecular complexity index is 451. The van der Waals surface area contributed by atoms with Gasteiger partial charge in [-0.3, -0.25) is 0 Å². The Morgan fingerprint density at radius 1 is 0.955 bits per heavy atom. The van der Waals surface area contributed by atoms with Gasteiger partial charge in [0.25, 0.3) is 0 Å². The third kappa shape index (κ3) is 5.03. The molecule has 7 nitrogen and oxygen atoms in total. The van der Waals surface area contributed by atoms with E-state index in [1.54, 1.807) is 18.2 Å². The van der Waals surface area contributed by atoms with Gasteiger partial charge in [-0.2, -0.15) is 0 Å². The lowest BCUT2D eigenvalue weighted by atomic mass is 10.3. The molecule has 3 rings (SSSR count). The van der Waals surface area contributed by atoms with Crippen LogP contribution in [0.2, 0.25) is 0 Å². The summed E-state index contributed by atoms with van der Waals surface area (Å²) in [4.78, 5) is 0. The molecule has 122 valence electrons. The molecule has 1 aromatic carbocycles. The smallest absolute Gasteiger partial charge is 0.126 e. The van der Waals surface area contributed by atoms with Crippen molar-refractivity contribution < 1.29 is 33.9 Å². The number of hydrogen-bond donors (Lipinski definition) is 2. The Morgan fingerprint density at radius 3 is 1.82 bits per heavy atom. The van der Waals surface area contributed by atoms with Gasteiger partial charge in [0.1, 0.15) is 55.4 Å². The van der Waals surface area contributed by atoms with Gasteiger partial charge in [-0.25, -0.2) is 0 Å². The zero-order valence-electron chi connectivity index (χ0n) is 12.1. The Morgan fingerprint density at radius 2 is 1.41 bits per heavy atom. The molecule has 3 atom stereocenters. The summed E-state index contributed by atoms with van der Waals surface area (Å²) >= 11 is 0. The Balaban J connectivity index is 1.61. The van der Waals surface area contributed by atoms with E-state index in [4.69, 9.17) is 28.8 Å². The van der Waals surface area contributed by atoms with Gasteiger partial charge < -0.3 is 33.9 Å². The van der Waals surface area contributed by atoms with Crippen LogP contribution in [0.25, 0.3) is 0 Å². The Labute approximate surface area is 128 Å². The Kier molecular flexibility index (Phi) is 4.99. The third-order valence-corrected chi connectivity index (χ3v) is 3.18. The molecule has 2 aliphatic heterocycles. The first kappa shape index (κ1) is 15.4. The van der Waals surface area contributed by atoms with E-state index in [1.165, 1.54) is 0 Å². The van der Waals surface area contributed by atoms with Crippen LogP contribution in [-0.2, 0) is 9.47 Å². The number of epoxide rings is 2. The molecule has 2 N–H and O–H groups in total. The van der Waals surface area contributed by atoms with Gasteiger partial charge in [0, 0.05) is 18.2 Å². The van der Waals surface area contributed by atoms with E-state index in [1.807, 2.05) is 0 Å². The summed E-state index contributed by atoms with van der Waals surface area (Å²) < 4.78 is 26.9. The molecule has 22 heavy (non-hydrogen) atoms. The van der Waals surface area contributed by atoms with Gasteiger partial charge in [0.2, 0.25) is 0 Å². The molecular formula is C15H20O7. The first-order valence-corrected chi connectivity index (χ1v) is 7.28. The molecule has 2 heterocycles. The van der Waals surface area contributed by atoms with E-state index >= 15 is 0 Å². The highest BCUT2D eigenvalue weighted by Crippen LogP contribution is 2.29. The van der Waals surface area contributed by atoms with Crippen LogP contribution in [0.1, 0.15) is 0 Å². The lowest BCUT2D eigenvalue weighted by Crippen LogP contribution is -2.21. The minimum Gasteiger partial charge on any atom is -0.491 e. The number of ether oxygens (including phenoxy) is 5. The van der Waals surface area contributed by atoms with Crippen LogP contribution in [0.3, 0.4) is 0 Å². The SMILES string of the molecule is OCC(O)COc1cc(OCC2CO2)cc(OCC2CO2)c1. The number of aliphatic hydroxyl groups excluding tert-OH is 2. The average Bonchev–Trinajstić information content (AvgIpc) is 3.42. The largest absolute Gasteiger partial charge is 0.491 e. The van der Waals surface area contributed by atoms with Crippen LogP contribution < -0.4 is 14.2 Å². The molecule has 2 saturated heterocycles. The molecular weight excluding hydrogens is 292 g/mol. The summed E-state index contributed by atoms with van der Waals surface area (Å²) in [5.74, 6) is 1.73. The summed E-state index contributed by atoms with van der Waals surface area (Å²) in [5, 5.41) is 18.2. The predicted molar refractivity (Wildman–Crippen MR) is 75.5 cm³/mol. The van der Waals surface area contributed by atoms with E-state index in [9.17, 15) is 5.11 Å². The monoisotopic (exact) mass is 312 g/mol. The lowest BCUT2D eigenvalue weighted by molar-refractivity contribution is 0.0534. The molecule has 3 unspecified atom stereocenters. The van der Waals surface area contributed by atoms with Gasteiger partial charge >= 0.3 is 0 Å². The topological polar surface area (TPSA) is 93.2 Å². The van der Waals surface area contributed by atoms with Crippen LogP contribution in [0.15, 0.2) is 18.2 Å². The summed E-state index contributed by atoms with van der Waals surface area (Å²) in [6.07, 6.45) is -0.608. The Hall–Kier alpha value is -1.54. The molecule has 0 radical (unpaired) electrons. The highest BCUT2D eigenvalue weighted by atomic mass is 16.6. The maximum Gasteiger partial charge on any atom is 0.126 e. The second-order valence-electron chi connectivity index (χ2n) is 5.32. The standard InChI is InChI=1S/C15H20O7/c16-4-10(17)5-18-11-1-12(19-6-14-8-21-14)3-13(2-11)20-7-15-9-22-15/h1-3,10,14-17H,4-9H2. The minimum absolute atomic E-state index is 0.00311. The van der Waals surface area contributed by atoms with Crippen LogP contribution in [0, 0.1) is 0 Å². The van der Waals surface area contributed by atoms with Crippen molar-refractivity contribution in [1.29, 1.82) is 0 Å². The molecule has 0 bridgehead atoms. The highest BCUT2D eigenvalue weighted by molar-refractivity contribution is 5.42. The van der Waals surface area contributed by atoms with Crippen LogP contribution >= 0.6 is 0 Å². The average molecular weight is 312 g/mol. The minimum atomic E-state index is -0.923. The van der Waals surface area contributed by atoms with Crippen molar-refractivity contribution >= 4 is 0 Å². The fourth-order valence-corrected chi connectivity index (χ4v) is 1.75. The van der Waals surface area contributed by atoms with Crippen molar-refractivity contribution in [3.63, 3.8) is 0 Å². The van der Waals surface area contributed by atoms with E-state index in [2.05, 4.69) is 0 Å². The second kappa shape index (κ2) is 7.15. The number of hydrogen-bond acceptors (Lipinski definition) is 7. The van der Waals surface area contributed by atoms with Gasteiger partial charge in [0.05, 0.1) is 19.8 Å². The summed E-state index contributed by atoms with van der Waals surface area (Å²) in [7, 11) is 0. The molecule has 0 spiro atoms. The van der Waals surface area contributed by atoms with Crippen LogP contribution in [0.5, 0.6) is 17.2 Å². The summed E-state index contributed by atoms with van der Waals surface area (Å²) in [6.45, 7) is 2.05. The molecule has 0 aromatic heterocycles. The van der Waals surface area contributed by atoms with E-state index in [0.29, 0.717) is 30.5 Å². The quantitative estimate of drug-likeness (QED) is 0.586. The van der Waals surface area contributed by atoms with Crippen molar-refractivity contribution in [2.75, 3.05) is 39.6 Å². The highest BCUT2D eigenvalue weighted by Gasteiger charge is 2.24. The van der Waals surface area contributed by atoms with E-state index in [0.717, 1.165) is 13.2 Å². The zero-order chi connectivity index (χ0) is 15.4. The summed E-state index contributed by atoms with van der Waals surface area (Å²) in [6, 6.07) is 5.21. The maximum atomic E-state index is 9.36. The van der Waals surface area contributed by atoms with Gasteiger partial charge in [0.15, 0.2) is 0 Å². The van der Waals surface area contributed by atoms with Crippen molar-refractivity contribution in [3.05, 3.63) is 18.2 Å². The zero-order valence-corrected chi connectivity index (χ0v) is 12.1. The predicted octanol–water partition coefficient (Wildman–Crippen LogP) is -0.0262. The lowest BCUT2D eigenvalue weighted by Gasteiger charge is -2.14. The molecule has 7 heteroatoms. The summed E-state index contributed by atoms with van der Waals surface area (Å²) in [5.41, 5.74) is 0. The molecule has 0 saturated carbocycles. The first-order chi connectivity index (χ1) is 10.7. The van der Waals surface area contributed by atoms with Crippen molar-refractivity contribution in [1.82, 2.24) is 0 Å². The van der Waals surface area contributed by atoms with Crippen molar-refractivity contribution in [3.8, 4) is 17.2 Å². The number of aliphatic hydroxyl groups is 2.